The highest BCUT2D eigenvalue weighted by molar-refractivity contribution is 8.03. The molecule has 4 heteroatoms. The van der Waals surface area contributed by atoms with Crippen molar-refractivity contribution in [2.75, 3.05) is 17.3 Å². The van der Waals surface area contributed by atoms with E-state index in [9.17, 15) is 0 Å². The van der Waals surface area contributed by atoms with Crippen molar-refractivity contribution >= 4 is 48.8 Å². The lowest BCUT2D eigenvalue weighted by molar-refractivity contribution is 0.917. The zero-order chi connectivity index (χ0) is 11.7. The highest BCUT2D eigenvalue weighted by Gasteiger charge is 2.04. The van der Waals surface area contributed by atoms with Gasteiger partial charge in [0.15, 0.2) is 0 Å². The normalized spacial score (nSPS) is 17.4. The number of hydrogen-bond acceptors (Lipinski definition) is 4. The lowest BCUT2D eigenvalue weighted by Crippen LogP contribution is -2.04. The molecule has 0 aliphatic heterocycles. The van der Waals surface area contributed by atoms with Crippen LogP contribution in [0.25, 0.3) is 0 Å². The average molecular weight is 285 g/mol. The van der Waals surface area contributed by atoms with Gasteiger partial charge in [-0.15, -0.1) is 0 Å². The van der Waals surface area contributed by atoms with E-state index in [1.807, 2.05) is 0 Å². The summed E-state index contributed by atoms with van der Waals surface area (Å²) in [5, 5.41) is 1.87. The van der Waals surface area contributed by atoms with Crippen LogP contribution >= 0.6 is 48.8 Å². The van der Waals surface area contributed by atoms with Gasteiger partial charge in [-0.2, -0.15) is 48.8 Å². The predicted molar refractivity (Wildman–Crippen MR) is 85.4 cm³/mol. The highest BCUT2D eigenvalue weighted by Crippen LogP contribution is 2.19. The van der Waals surface area contributed by atoms with Crippen LogP contribution in [0.5, 0.6) is 0 Å². The fourth-order valence-electron chi connectivity index (χ4n) is 0.991. The summed E-state index contributed by atoms with van der Waals surface area (Å²) in [6.45, 7) is 6.65. The summed E-state index contributed by atoms with van der Waals surface area (Å²) < 4.78 is 0. The number of rotatable bonds is 9. The van der Waals surface area contributed by atoms with Crippen LogP contribution in [0.1, 0.15) is 33.6 Å². The molecule has 0 rings (SSSR count). The molecule has 0 heterocycles. The third-order valence-corrected chi connectivity index (χ3v) is 5.17. The number of hydrogen-bond donors (Lipinski definition) is 2. The molecule has 15 heavy (non-hydrogen) atoms. The number of thiol groups is 2. The minimum absolute atomic E-state index is 0.544. The molecule has 0 aromatic carbocycles. The van der Waals surface area contributed by atoms with Crippen molar-refractivity contribution in [3.63, 3.8) is 0 Å². The minimum atomic E-state index is 0.544. The topological polar surface area (TPSA) is 0 Å². The maximum absolute atomic E-state index is 4.38. The van der Waals surface area contributed by atoms with E-state index < -0.39 is 0 Å². The molecule has 3 atom stereocenters. The molecule has 0 radical (unpaired) electrons. The minimum Gasteiger partial charge on any atom is -0.176 e. The summed E-state index contributed by atoms with van der Waals surface area (Å²) >= 11 is 12.9. The third-order valence-electron chi connectivity index (χ3n) is 1.97. The first-order valence-corrected chi connectivity index (χ1v) is 8.81. The summed E-state index contributed by atoms with van der Waals surface area (Å²) in [5.74, 6) is 3.76. The Morgan fingerprint density at radius 2 is 1.47 bits per heavy atom. The lowest BCUT2D eigenvalue weighted by Gasteiger charge is -2.12. The Hall–Kier alpha value is 1.40. The van der Waals surface area contributed by atoms with Crippen LogP contribution < -0.4 is 0 Å². The van der Waals surface area contributed by atoms with Crippen LogP contribution in [0, 0.1) is 0 Å². The van der Waals surface area contributed by atoms with Crippen molar-refractivity contribution in [1.29, 1.82) is 0 Å². The summed E-state index contributed by atoms with van der Waals surface area (Å²) in [6, 6.07) is 0. The van der Waals surface area contributed by atoms with Crippen molar-refractivity contribution in [1.82, 2.24) is 0 Å². The second-order valence-electron chi connectivity index (χ2n) is 4.03. The van der Waals surface area contributed by atoms with Crippen molar-refractivity contribution < 1.29 is 0 Å². The van der Waals surface area contributed by atoms with Gasteiger partial charge >= 0.3 is 0 Å². The van der Waals surface area contributed by atoms with Crippen molar-refractivity contribution in [2.45, 2.75) is 49.4 Å². The molecule has 0 aliphatic carbocycles. The molecule has 0 aromatic rings. The van der Waals surface area contributed by atoms with Crippen LogP contribution in [0.2, 0.25) is 0 Å². The Labute approximate surface area is 115 Å². The summed E-state index contributed by atoms with van der Waals surface area (Å²) in [4.78, 5) is 0. The van der Waals surface area contributed by atoms with Gasteiger partial charge in [-0.25, -0.2) is 0 Å². The Morgan fingerprint density at radius 1 is 0.933 bits per heavy atom. The molecule has 0 fully saturated rings. The molecule has 0 saturated heterocycles. The van der Waals surface area contributed by atoms with Gasteiger partial charge in [-0.1, -0.05) is 20.8 Å². The van der Waals surface area contributed by atoms with Crippen molar-refractivity contribution in [2.24, 2.45) is 0 Å². The van der Waals surface area contributed by atoms with Gasteiger partial charge in [-0.05, 0) is 34.8 Å². The maximum atomic E-state index is 4.38. The van der Waals surface area contributed by atoms with Gasteiger partial charge in [0.2, 0.25) is 0 Å². The van der Waals surface area contributed by atoms with E-state index in [-0.39, 0.29) is 0 Å². The first kappa shape index (κ1) is 16.4. The fourth-order valence-corrected chi connectivity index (χ4v) is 4.18. The molecule has 0 amide bonds. The summed E-state index contributed by atoms with van der Waals surface area (Å²) in [6.07, 6.45) is 2.44. The highest BCUT2D eigenvalue weighted by atomic mass is 32.2. The van der Waals surface area contributed by atoms with Crippen LogP contribution in [0.3, 0.4) is 0 Å². The van der Waals surface area contributed by atoms with Gasteiger partial charge in [0.25, 0.3) is 0 Å². The van der Waals surface area contributed by atoms with E-state index in [1.165, 1.54) is 30.1 Å². The van der Waals surface area contributed by atoms with E-state index in [2.05, 4.69) is 69.6 Å². The molecule has 0 aliphatic rings. The van der Waals surface area contributed by atoms with Crippen LogP contribution in [0.4, 0.5) is 0 Å². The van der Waals surface area contributed by atoms with E-state index in [1.54, 1.807) is 0 Å². The Morgan fingerprint density at radius 3 is 2.00 bits per heavy atom. The molecule has 92 valence electrons. The Bertz CT molecular complexity index is 137. The van der Waals surface area contributed by atoms with Crippen LogP contribution in [-0.2, 0) is 0 Å². The van der Waals surface area contributed by atoms with Gasteiger partial charge in [-0.3, -0.25) is 0 Å². The van der Waals surface area contributed by atoms with Gasteiger partial charge in [0.05, 0.1) is 0 Å². The lowest BCUT2D eigenvalue weighted by atomic mass is 10.4. The largest absolute Gasteiger partial charge is 0.176 e. The second kappa shape index (κ2) is 10.5. The molecular formula is C11H24S4. The zero-order valence-corrected chi connectivity index (χ0v) is 13.4. The Kier molecular flexibility index (Phi) is 11.5. The van der Waals surface area contributed by atoms with Crippen molar-refractivity contribution in [3.8, 4) is 0 Å². The molecule has 3 unspecified atom stereocenters. The molecule has 0 aromatic heterocycles. The van der Waals surface area contributed by atoms with Crippen LogP contribution in [-0.4, -0.2) is 33.0 Å². The molecule has 0 spiro atoms. The predicted octanol–water partition coefficient (Wildman–Crippen LogP) is 4.26. The summed E-state index contributed by atoms with van der Waals surface area (Å²) in [5.41, 5.74) is 0. The maximum Gasteiger partial charge on any atom is 0.0109 e. The van der Waals surface area contributed by atoms with E-state index in [0.29, 0.717) is 10.5 Å². The first-order chi connectivity index (χ1) is 7.02. The zero-order valence-electron chi connectivity index (χ0n) is 9.98. The summed E-state index contributed by atoms with van der Waals surface area (Å²) in [7, 11) is 0. The van der Waals surface area contributed by atoms with E-state index in [4.69, 9.17) is 0 Å². The molecule has 0 bridgehead atoms. The Balaban J connectivity index is 3.22. The SMILES string of the molecule is CC(S)CCSCC(C)SCCC(C)S. The monoisotopic (exact) mass is 284 g/mol. The van der Waals surface area contributed by atoms with Gasteiger partial charge < -0.3 is 0 Å². The third kappa shape index (κ3) is 13.3. The molecule has 0 nitrogen and oxygen atoms in total. The first-order valence-electron chi connectivity index (χ1n) is 5.57. The quantitative estimate of drug-likeness (QED) is 0.480. The number of thioether (sulfide) groups is 2. The molecule has 0 N–H and O–H groups in total. The average Bonchev–Trinajstić information content (AvgIpc) is 2.11. The van der Waals surface area contributed by atoms with Crippen LogP contribution in [0.15, 0.2) is 0 Å². The fraction of sp³-hybridized carbons (Fsp3) is 1.00. The second-order valence-corrected chi connectivity index (χ2v) is 8.49. The van der Waals surface area contributed by atoms with Gasteiger partial charge in [0, 0.05) is 11.0 Å². The standard InChI is InChI=1S/C11H24S4/c1-9(12)4-6-14-8-11(3)15-7-5-10(2)13/h9-13H,4-8H2,1-3H3. The van der Waals surface area contributed by atoms with E-state index in [0.717, 1.165) is 5.25 Å². The smallest absolute Gasteiger partial charge is 0.0109 e. The van der Waals surface area contributed by atoms with Gasteiger partial charge in [0.1, 0.15) is 0 Å². The molecular weight excluding hydrogens is 260 g/mol. The van der Waals surface area contributed by atoms with E-state index >= 15 is 0 Å². The molecule has 0 saturated carbocycles. The van der Waals surface area contributed by atoms with Crippen molar-refractivity contribution in [3.05, 3.63) is 0 Å².